The van der Waals surface area contributed by atoms with E-state index in [1.165, 1.54) is 5.56 Å². The van der Waals surface area contributed by atoms with Crippen LogP contribution in [0.3, 0.4) is 0 Å². The van der Waals surface area contributed by atoms with E-state index >= 15 is 0 Å². The summed E-state index contributed by atoms with van der Waals surface area (Å²) in [6.07, 6.45) is 2.47. The SMILES string of the molecule is S=C(Nc1ccc(Cl)cc1)N(Cc1ccccc1)C[C@@H]1CCCO1. The van der Waals surface area contributed by atoms with Crippen LogP contribution in [0.1, 0.15) is 18.4 Å². The van der Waals surface area contributed by atoms with Crippen LogP contribution in [-0.4, -0.2) is 29.3 Å². The summed E-state index contributed by atoms with van der Waals surface area (Å²) in [7, 11) is 0. The molecule has 0 aromatic heterocycles. The number of nitrogens with zero attached hydrogens (tertiary/aromatic N) is 1. The molecule has 0 unspecified atom stereocenters. The van der Waals surface area contributed by atoms with Crippen molar-refractivity contribution in [3.63, 3.8) is 0 Å². The molecule has 1 heterocycles. The number of nitrogens with one attached hydrogen (secondary N) is 1. The molecule has 1 atom stereocenters. The highest BCUT2D eigenvalue weighted by molar-refractivity contribution is 7.80. The first-order chi connectivity index (χ1) is 11.7. The van der Waals surface area contributed by atoms with E-state index < -0.39 is 0 Å². The smallest absolute Gasteiger partial charge is 0.173 e. The summed E-state index contributed by atoms with van der Waals surface area (Å²) in [6.45, 7) is 2.41. The molecule has 3 nitrogen and oxygen atoms in total. The van der Waals surface area contributed by atoms with Gasteiger partial charge in [0.15, 0.2) is 5.11 Å². The van der Waals surface area contributed by atoms with Crippen LogP contribution in [0.5, 0.6) is 0 Å². The van der Waals surface area contributed by atoms with Crippen molar-refractivity contribution in [3.05, 3.63) is 65.2 Å². The monoisotopic (exact) mass is 360 g/mol. The second kappa shape index (κ2) is 8.47. The van der Waals surface area contributed by atoms with E-state index in [1.807, 2.05) is 30.3 Å². The van der Waals surface area contributed by atoms with E-state index in [0.29, 0.717) is 10.1 Å². The maximum absolute atomic E-state index is 5.94. The molecule has 2 aromatic rings. The fourth-order valence-electron chi connectivity index (χ4n) is 2.79. The van der Waals surface area contributed by atoms with Crippen molar-refractivity contribution in [2.24, 2.45) is 0 Å². The van der Waals surface area contributed by atoms with Gasteiger partial charge in [0, 0.05) is 30.4 Å². The lowest BCUT2D eigenvalue weighted by Crippen LogP contribution is -2.39. The normalized spacial score (nSPS) is 16.8. The molecule has 0 saturated carbocycles. The maximum atomic E-state index is 5.94. The largest absolute Gasteiger partial charge is 0.376 e. The summed E-state index contributed by atoms with van der Waals surface area (Å²) in [5.41, 5.74) is 2.17. The molecule has 0 amide bonds. The Morgan fingerprint density at radius 3 is 2.58 bits per heavy atom. The van der Waals surface area contributed by atoms with E-state index in [-0.39, 0.29) is 6.10 Å². The van der Waals surface area contributed by atoms with E-state index in [1.54, 1.807) is 0 Å². The summed E-state index contributed by atoms with van der Waals surface area (Å²) < 4.78 is 5.79. The van der Waals surface area contributed by atoms with E-state index in [9.17, 15) is 0 Å². The summed E-state index contributed by atoms with van der Waals surface area (Å²) in [4.78, 5) is 2.18. The molecule has 0 radical (unpaired) electrons. The third kappa shape index (κ3) is 4.94. The molecule has 1 N–H and O–H groups in total. The summed E-state index contributed by atoms with van der Waals surface area (Å²) in [6, 6.07) is 17.9. The molecule has 5 heteroatoms. The molecule has 0 bridgehead atoms. The first kappa shape index (κ1) is 17.2. The third-order valence-electron chi connectivity index (χ3n) is 4.05. The van der Waals surface area contributed by atoms with Crippen LogP contribution in [-0.2, 0) is 11.3 Å². The second-order valence-electron chi connectivity index (χ2n) is 5.94. The van der Waals surface area contributed by atoms with E-state index in [0.717, 1.165) is 38.2 Å². The lowest BCUT2D eigenvalue weighted by Gasteiger charge is -2.28. The number of halogens is 1. The zero-order chi connectivity index (χ0) is 16.8. The van der Waals surface area contributed by atoms with Gasteiger partial charge >= 0.3 is 0 Å². The van der Waals surface area contributed by atoms with Gasteiger partial charge in [0.25, 0.3) is 0 Å². The van der Waals surface area contributed by atoms with Crippen LogP contribution in [0.4, 0.5) is 5.69 Å². The highest BCUT2D eigenvalue weighted by atomic mass is 35.5. The fourth-order valence-corrected chi connectivity index (χ4v) is 3.18. The van der Waals surface area contributed by atoms with Crippen LogP contribution in [0, 0.1) is 0 Å². The summed E-state index contributed by atoms with van der Waals surface area (Å²) in [5.74, 6) is 0. The Morgan fingerprint density at radius 1 is 1.17 bits per heavy atom. The Kier molecular flexibility index (Phi) is 6.07. The average Bonchev–Trinajstić information content (AvgIpc) is 3.10. The van der Waals surface area contributed by atoms with Crippen molar-refractivity contribution in [2.75, 3.05) is 18.5 Å². The van der Waals surface area contributed by atoms with Crippen molar-refractivity contribution in [3.8, 4) is 0 Å². The number of thiocarbonyl (C=S) groups is 1. The molecule has 126 valence electrons. The van der Waals surface area contributed by atoms with E-state index in [4.69, 9.17) is 28.6 Å². The summed E-state index contributed by atoms with van der Waals surface area (Å²) >= 11 is 11.6. The predicted molar refractivity (Wildman–Crippen MR) is 103 cm³/mol. The number of hydrogen-bond donors (Lipinski definition) is 1. The van der Waals surface area contributed by atoms with Gasteiger partial charge < -0.3 is 15.0 Å². The number of rotatable bonds is 5. The van der Waals surface area contributed by atoms with Gasteiger partial charge in [-0.25, -0.2) is 0 Å². The molecule has 0 spiro atoms. The fraction of sp³-hybridized carbons (Fsp3) is 0.316. The highest BCUT2D eigenvalue weighted by Gasteiger charge is 2.21. The van der Waals surface area contributed by atoms with Crippen molar-refractivity contribution in [1.82, 2.24) is 4.90 Å². The minimum Gasteiger partial charge on any atom is -0.376 e. The number of anilines is 1. The highest BCUT2D eigenvalue weighted by Crippen LogP contribution is 2.18. The third-order valence-corrected chi connectivity index (χ3v) is 4.66. The van der Waals surface area contributed by atoms with Crippen LogP contribution in [0.15, 0.2) is 54.6 Å². The van der Waals surface area contributed by atoms with Crippen LogP contribution < -0.4 is 5.32 Å². The zero-order valence-corrected chi connectivity index (χ0v) is 15.0. The molecule has 1 aliphatic heterocycles. The Bertz CT molecular complexity index is 657. The topological polar surface area (TPSA) is 24.5 Å². The first-order valence-corrected chi connectivity index (χ1v) is 8.96. The van der Waals surface area contributed by atoms with Gasteiger partial charge in [0.2, 0.25) is 0 Å². The minimum absolute atomic E-state index is 0.249. The van der Waals surface area contributed by atoms with Gasteiger partial charge in [-0.2, -0.15) is 0 Å². The Hall–Kier alpha value is -1.62. The Labute approximate surface area is 153 Å². The van der Waals surface area contributed by atoms with Crippen LogP contribution in [0.2, 0.25) is 5.02 Å². The van der Waals surface area contributed by atoms with Gasteiger partial charge in [-0.15, -0.1) is 0 Å². The lowest BCUT2D eigenvalue weighted by atomic mass is 10.2. The summed E-state index contributed by atoms with van der Waals surface area (Å²) in [5, 5.41) is 4.73. The van der Waals surface area contributed by atoms with Gasteiger partial charge in [-0.05, 0) is 54.9 Å². The van der Waals surface area contributed by atoms with Crippen molar-refractivity contribution in [2.45, 2.75) is 25.5 Å². The standard InChI is InChI=1S/C19H21ClN2OS/c20-16-8-10-17(11-9-16)21-19(24)22(14-18-7-4-12-23-18)13-15-5-2-1-3-6-15/h1-3,5-6,8-11,18H,4,7,12-14H2,(H,21,24)/t18-/m0/s1. The molecule has 1 fully saturated rings. The van der Waals surface area contributed by atoms with Gasteiger partial charge in [-0.3, -0.25) is 0 Å². The molecular weight excluding hydrogens is 340 g/mol. The molecule has 24 heavy (non-hydrogen) atoms. The molecule has 1 aliphatic rings. The second-order valence-corrected chi connectivity index (χ2v) is 6.76. The van der Waals surface area contributed by atoms with Crippen molar-refractivity contribution < 1.29 is 4.74 Å². The van der Waals surface area contributed by atoms with Gasteiger partial charge in [0.05, 0.1) is 6.10 Å². The van der Waals surface area contributed by atoms with Crippen molar-refractivity contribution >= 4 is 34.6 Å². The quantitative estimate of drug-likeness (QED) is 0.780. The Morgan fingerprint density at radius 2 is 1.92 bits per heavy atom. The molecule has 1 saturated heterocycles. The van der Waals surface area contributed by atoms with E-state index in [2.05, 4.69) is 34.5 Å². The first-order valence-electron chi connectivity index (χ1n) is 8.18. The minimum atomic E-state index is 0.249. The Balaban J connectivity index is 1.69. The molecule has 0 aliphatic carbocycles. The number of ether oxygens (including phenoxy) is 1. The molecular formula is C19H21ClN2OS. The van der Waals surface area contributed by atoms with Gasteiger partial charge in [-0.1, -0.05) is 41.9 Å². The predicted octanol–water partition coefficient (Wildman–Crippen LogP) is 4.72. The van der Waals surface area contributed by atoms with Crippen molar-refractivity contribution in [1.29, 1.82) is 0 Å². The number of hydrogen-bond acceptors (Lipinski definition) is 2. The maximum Gasteiger partial charge on any atom is 0.173 e. The average molecular weight is 361 g/mol. The van der Waals surface area contributed by atoms with Gasteiger partial charge in [0.1, 0.15) is 0 Å². The molecule has 2 aromatic carbocycles. The lowest BCUT2D eigenvalue weighted by molar-refractivity contribution is 0.0905. The number of benzene rings is 2. The molecule has 3 rings (SSSR count). The zero-order valence-electron chi connectivity index (χ0n) is 13.5. The van der Waals surface area contributed by atoms with Crippen LogP contribution in [0.25, 0.3) is 0 Å². The van der Waals surface area contributed by atoms with Crippen LogP contribution >= 0.6 is 23.8 Å².